The number of aldehydes is 1. The second-order valence-corrected chi connectivity index (χ2v) is 4.47. The number of hydrogen-bond donors (Lipinski definition) is 0. The molecule has 0 atom stereocenters. The van der Waals surface area contributed by atoms with Gasteiger partial charge in [-0.3, -0.25) is 4.79 Å². The van der Waals surface area contributed by atoms with E-state index in [4.69, 9.17) is 0 Å². The Labute approximate surface area is 111 Å². The lowest BCUT2D eigenvalue weighted by Crippen LogP contribution is -2.06. The largest absolute Gasteiger partial charge is 0.340 e. The van der Waals surface area contributed by atoms with Crippen LogP contribution in [-0.4, -0.2) is 20.4 Å². The minimum atomic E-state index is 0.715. The highest BCUT2D eigenvalue weighted by Crippen LogP contribution is 2.20. The van der Waals surface area contributed by atoms with Crippen molar-refractivity contribution in [2.24, 2.45) is 0 Å². The molecule has 0 unspecified atom stereocenters. The molecule has 1 aromatic carbocycles. The molecule has 96 valence electrons. The summed E-state index contributed by atoms with van der Waals surface area (Å²) in [6.45, 7) is 3.73. The molecule has 0 bridgehead atoms. The summed E-state index contributed by atoms with van der Waals surface area (Å²) in [5, 5.41) is 0.993. The third kappa shape index (κ3) is 1.95. The summed E-state index contributed by atoms with van der Waals surface area (Å²) >= 11 is 0. The SMILES string of the molecule is CCn1ccnc1Cn1ccc2c(C=O)cccc21. The summed E-state index contributed by atoms with van der Waals surface area (Å²) in [5.74, 6) is 1.02. The lowest BCUT2D eigenvalue weighted by atomic mass is 10.1. The first-order valence-electron chi connectivity index (χ1n) is 6.36. The lowest BCUT2D eigenvalue weighted by molar-refractivity contribution is 0.112. The highest BCUT2D eigenvalue weighted by atomic mass is 16.1. The number of aryl methyl sites for hydroxylation is 1. The molecule has 4 heteroatoms. The van der Waals surface area contributed by atoms with Crippen LogP contribution in [0.1, 0.15) is 23.1 Å². The van der Waals surface area contributed by atoms with Gasteiger partial charge in [0.2, 0.25) is 0 Å². The molecule has 0 amide bonds. The first-order chi connectivity index (χ1) is 9.33. The van der Waals surface area contributed by atoms with Crippen molar-refractivity contribution in [2.45, 2.75) is 20.0 Å². The Balaban J connectivity index is 2.04. The Morgan fingerprint density at radius 1 is 1.21 bits per heavy atom. The number of hydrogen-bond acceptors (Lipinski definition) is 2. The maximum atomic E-state index is 11.0. The monoisotopic (exact) mass is 253 g/mol. The summed E-state index contributed by atoms with van der Waals surface area (Å²) in [5.41, 5.74) is 1.80. The summed E-state index contributed by atoms with van der Waals surface area (Å²) in [4.78, 5) is 15.4. The number of fused-ring (bicyclic) bond motifs is 1. The molecule has 19 heavy (non-hydrogen) atoms. The van der Waals surface area contributed by atoms with Gasteiger partial charge in [-0.1, -0.05) is 12.1 Å². The molecule has 3 rings (SSSR count). The molecule has 0 saturated heterocycles. The molecule has 4 nitrogen and oxygen atoms in total. The Morgan fingerprint density at radius 3 is 2.89 bits per heavy atom. The topological polar surface area (TPSA) is 39.8 Å². The smallest absolute Gasteiger partial charge is 0.150 e. The average molecular weight is 253 g/mol. The van der Waals surface area contributed by atoms with Gasteiger partial charge in [0.15, 0.2) is 6.29 Å². The molecule has 2 aromatic heterocycles. The normalized spacial score (nSPS) is 11.0. The van der Waals surface area contributed by atoms with Crippen LogP contribution in [0.15, 0.2) is 42.9 Å². The molecule has 0 N–H and O–H groups in total. The molecule has 3 aromatic rings. The third-order valence-electron chi connectivity index (χ3n) is 3.43. The summed E-state index contributed by atoms with van der Waals surface area (Å²) < 4.78 is 4.24. The first-order valence-corrected chi connectivity index (χ1v) is 6.36. The molecule has 0 saturated carbocycles. The Bertz CT molecular complexity index is 724. The van der Waals surface area contributed by atoms with Crippen LogP contribution in [0.4, 0.5) is 0 Å². The van der Waals surface area contributed by atoms with Gasteiger partial charge < -0.3 is 9.13 Å². The van der Waals surface area contributed by atoms with Gasteiger partial charge in [0.1, 0.15) is 5.82 Å². The second kappa shape index (κ2) is 4.72. The minimum absolute atomic E-state index is 0.715. The van der Waals surface area contributed by atoms with Crippen LogP contribution in [-0.2, 0) is 13.1 Å². The fourth-order valence-corrected chi connectivity index (χ4v) is 2.42. The van der Waals surface area contributed by atoms with Crippen molar-refractivity contribution >= 4 is 17.2 Å². The van der Waals surface area contributed by atoms with Gasteiger partial charge in [0.05, 0.1) is 6.54 Å². The van der Waals surface area contributed by atoms with Gasteiger partial charge in [-0.05, 0) is 19.1 Å². The maximum absolute atomic E-state index is 11.0. The zero-order valence-electron chi connectivity index (χ0n) is 10.8. The van der Waals surface area contributed by atoms with Gasteiger partial charge >= 0.3 is 0 Å². The first kappa shape index (κ1) is 11.7. The van der Waals surface area contributed by atoms with E-state index in [1.54, 1.807) is 0 Å². The van der Waals surface area contributed by atoms with Crippen LogP contribution in [0.2, 0.25) is 0 Å². The van der Waals surface area contributed by atoms with Crippen LogP contribution >= 0.6 is 0 Å². The van der Waals surface area contributed by atoms with Crippen LogP contribution in [0, 0.1) is 0 Å². The van der Waals surface area contributed by atoms with Crippen molar-refractivity contribution in [1.29, 1.82) is 0 Å². The lowest BCUT2D eigenvalue weighted by Gasteiger charge is -2.07. The average Bonchev–Trinajstić information content (AvgIpc) is 3.06. The van der Waals surface area contributed by atoms with E-state index in [0.717, 1.165) is 35.1 Å². The number of carbonyl (C=O) groups excluding carboxylic acids is 1. The highest BCUT2D eigenvalue weighted by Gasteiger charge is 2.07. The van der Waals surface area contributed by atoms with Crippen LogP contribution in [0.3, 0.4) is 0 Å². The van der Waals surface area contributed by atoms with Crippen molar-refractivity contribution in [3.05, 3.63) is 54.2 Å². The van der Waals surface area contributed by atoms with E-state index in [0.29, 0.717) is 6.54 Å². The highest BCUT2D eigenvalue weighted by molar-refractivity contribution is 5.97. The van der Waals surface area contributed by atoms with E-state index < -0.39 is 0 Å². The number of benzene rings is 1. The Hall–Kier alpha value is -2.36. The number of nitrogens with zero attached hydrogens (tertiary/aromatic N) is 3. The number of carbonyl (C=O) groups is 1. The zero-order valence-corrected chi connectivity index (χ0v) is 10.8. The predicted molar refractivity (Wildman–Crippen MR) is 74.3 cm³/mol. The van der Waals surface area contributed by atoms with Gasteiger partial charge in [-0.25, -0.2) is 4.98 Å². The molecule has 0 aliphatic heterocycles. The van der Waals surface area contributed by atoms with Gasteiger partial charge in [-0.15, -0.1) is 0 Å². The molecule has 0 aliphatic carbocycles. The van der Waals surface area contributed by atoms with Crippen molar-refractivity contribution in [3.8, 4) is 0 Å². The number of imidazole rings is 1. The molecular formula is C15H15N3O. The summed E-state index contributed by atoms with van der Waals surface area (Å²) in [7, 11) is 0. The van der Waals surface area contributed by atoms with Gasteiger partial charge in [-0.2, -0.15) is 0 Å². The van der Waals surface area contributed by atoms with E-state index in [1.807, 2.05) is 42.9 Å². The van der Waals surface area contributed by atoms with Gasteiger partial charge in [0, 0.05) is 41.6 Å². The fraction of sp³-hybridized carbons (Fsp3) is 0.200. The molecule has 0 radical (unpaired) electrons. The molecule has 2 heterocycles. The predicted octanol–water partition coefficient (Wildman–Crippen LogP) is 2.72. The maximum Gasteiger partial charge on any atom is 0.150 e. The van der Waals surface area contributed by atoms with E-state index in [9.17, 15) is 4.79 Å². The second-order valence-electron chi connectivity index (χ2n) is 4.47. The van der Waals surface area contributed by atoms with Crippen LogP contribution < -0.4 is 0 Å². The standard InChI is InChI=1S/C15H15N3O/c1-2-17-9-7-16-15(17)10-18-8-6-13-12(11-19)4-3-5-14(13)18/h3-9,11H,2,10H2,1H3. The van der Waals surface area contributed by atoms with Gasteiger partial charge in [0.25, 0.3) is 0 Å². The van der Waals surface area contributed by atoms with Crippen LogP contribution in [0.25, 0.3) is 10.9 Å². The molecule has 0 spiro atoms. The summed E-state index contributed by atoms with van der Waals surface area (Å²) in [6, 6.07) is 7.77. The fourth-order valence-electron chi connectivity index (χ4n) is 2.42. The Kier molecular flexibility index (Phi) is 2.91. The minimum Gasteiger partial charge on any atom is -0.340 e. The van der Waals surface area contributed by atoms with E-state index >= 15 is 0 Å². The van der Waals surface area contributed by atoms with Crippen LogP contribution in [0.5, 0.6) is 0 Å². The van der Waals surface area contributed by atoms with Crippen molar-refractivity contribution in [2.75, 3.05) is 0 Å². The van der Waals surface area contributed by atoms with Crippen molar-refractivity contribution in [1.82, 2.24) is 14.1 Å². The molecular weight excluding hydrogens is 238 g/mol. The molecule has 0 fully saturated rings. The van der Waals surface area contributed by atoms with E-state index in [-0.39, 0.29) is 0 Å². The third-order valence-corrected chi connectivity index (χ3v) is 3.43. The van der Waals surface area contributed by atoms with Crippen molar-refractivity contribution in [3.63, 3.8) is 0 Å². The Morgan fingerprint density at radius 2 is 2.11 bits per heavy atom. The zero-order chi connectivity index (χ0) is 13.2. The summed E-state index contributed by atoms with van der Waals surface area (Å²) in [6.07, 6.45) is 6.71. The molecule has 0 aliphatic rings. The van der Waals surface area contributed by atoms with E-state index in [2.05, 4.69) is 21.0 Å². The van der Waals surface area contributed by atoms with Crippen molar-refractivity contribution < 1.29 is 4.79 Å². The number of aromatic nitrogens is 3. The quantitative estimate of drug-likeness (QED) is 0.671. The van der Waals surface area contributed by atoms with E-state index in [1.165, 1.54) is 0 Å². The number of rotatable bonds is 4.